The number of rotatable bonds is 1. The Morgan fingerprint density at radius 3 is 2.15 bits per heavy atom. The largest absolute Gasteiger partial charge is 0.352 e. The number of urea groups is 2. The molecule has 76 valence electrons. The molecule has 0 bridgehead atoms. The maximum absolute atomic E-state index is 10.2. The zero-order valence-corrected chi connectivity index (χ0v) is 7.12. The summed E-state index contributed by atoms with van der Waals surface area (Å²) in [5.74, 6) is 0. The van der Waals surface area contributed by atoms with Crippen molar-refractivity contribution in [1.82, 2.24) is 15.8 Å². The van der Waals surface area contributed by atoms with Crippen molar-refractivity contribution in [2.45, 2.75) is 0 Å². The average molecular weight is 190 g/mol. The first-order chi connectivity index (χ1) is 6.02. The number of hydrogen-bond acceptors (Lipinski definition) is 4. The number of primary amides is 3. The van der Waals surface area contributed by atoms with Gasteiger partial charge in [0.1, 0.15) is 0 Å². The van der Waals surface area contributed by atoms with Gasteiger partial charge in [0.2, 0.25) is 0 Å². The van der Waals surface area contributed by atoms with Crippen LogP contribution in [-0.2, 0) is 0 Å². The van der Waals surface area contributed by atoms with Gasteiger partial charge in [-0.05, 0) is 0 Å². The molecule has 0 aliphatic carbocycles. The van der Waals surface area contributed by atoms with Crippen LogP contribution >= 0.6 is 0 Å². The number of hydrazine groups is 1. The van der Waals surface area contributed by atoms with E-state index < -0.39 is 12.1 Å². The summed E-state index contributed by atoms with van der Waals surface area (Å²) >= 11 is 0. The summed E-state index contributed by atoms with van der Waals surface area (Å²) in [5.41, 5.74) is 15.8. The lowest BCUT2D eigenvalue weighted by molar-refractivity contribution is 0.204. The fourth-order valence-electron chi connectivity index (χ4n) is 0.758. The number of amides is 4. The third kappa shape index (κ3) is 8.37. The van der Waals surface area contributed by atoms with E-state index in [-0.39, 0.29) is 0 Å². The van der Waals surface area contributed by atoms with Gasteiger partial charge < -0.3 is 22.5 Å². The normalized spacial score (nSPS) is 15.7. The summed E-state index contributed by atoms with van der Waals surface area (Å²) in [6.45, 7) is 2.41. The second-order valence-electron chi connectivity index (χ2n) is 2.30. The number of hydrogen-bond donors (Lipinski definition) is 5. The van der Waals surface area contributed by atoms with E-state index in [1.165, 1.54) is 0 Å². The lowest BCUT2D eigenvalue weighted by Crippen LogP contribution is -2.44. The Morgan fingerprint density at radius 1 is 1.31 bits per heavy atom. The van der Waals surface area contributed by atoms with E-state index in [1.807, 2.05) is 0 Å². The van der Waals surface area contributed by atoms with E-state index in [2.05, 4.69) is 22.2 Å². The first-order valence-corrected chi connectivity index (χ1v) is 3.59. The Bertz CT molecular complexity index is 174. The predicted molar refractivity (Wildman–Crippen MR) is 46.1 cm³/mol. The molecule has 8 nitrogen and oxygen atoms in total. The van der Waals surface area contributed by atoms with Gasteiger partial charge >= 0.3 is 12.1 Å². The summed E-state index contributed by atoms with van der Waals surface area (Å²) < 4.78 is 0. The van der Waals surface area contributed by atoms with E-state index >= 15 is 0 Å². The maximum atomic E-state index is 10.2. The van der Waals surface area contributed by atoms with Gasteiger partial charge in [-0.2, -0.15) is 0 Å². The van der Waals surface area contributed by atoms with E-state index in [0.717, 1.165) is 13.1 Å². The Hall–Kier alpha value is -1.54. The molecule has 4 amide bonds. The molecule has 1 heterocycles. The van der Waals surface area contributed by atoms with Crippen LogP contribution in [0.2, 0.25) is 0 Å². The summed E-state index contributed by atoms with van der Waals surface area (Å²) in [5, 5.41) is 4.76. The molecule has 0 atom stereocenters. The number of nitrogens with zero attached hydrogens (tertiary/aromatic N) is 1. The molecule has 1 fully saturated rings. The van der Waals surface area contributed by atoms with Gasteiger partial charge in [-0.25, -0.2) is 14.6 Å². The maximum Gasteiger partial charge on any atom is 0.326 e. The molecule has 1 aliphatic heterocycles. The fourth-order valence-corrected chi connectivity index (χ4v) is 0.758. The van der Waals surface area contributed by atoms with Gasteiger partial charge in [0.25, 0.3) is 0 Å². The molecule has 8 heteroatoms. The summed E-state index contributed by atoms with van der Waals surface area (Å²) in [7, 11) is 0. The van der Waals surface area contributed by atoms with Crippen LogP contribution in [0, 0.1) is 0 Å². The molecule has 13 heavy (non-hydrogen) atoms. The standard InChI is InChI=1S/C4H10N4O.CH4N2O/c5-4(9)7-8-2-1-6-3-8;2-1(3)4/h6H,1-3H2,(H3,5,7,9);(H4,2,3,4). The minimum Gasteiger partial charge on any atom is -0.352 e. The molecule has 0 radical (unpaired) electrons. The number of nitrogens with one attached hydrogen (secondary N) is 2. The minimum absolute atomic E-state index is 0.501. The van der Waals surface area contributed by atoms with Gasteiger partial charge in [0, 0.05) is 13.1 Å². The smallest absolute Gasteiger partial charge is 0.326 e. The van der Waals surface area contributed by atoms with Crippen molar-refractivity contribution in [3.63, 3.8) is 0 Å². The quantitative estimate of drug-likeness (QED) is 0.310. The lowest BCUT2D eigenvalue weighted by Gasteiger charge is -2.12. The van der Waals surface area contributed by atoms with Crippen molar-refractivity contribution in [3.8, 4) is 0 Å². The van der Waals surface area contributed by atoms with Crippen molar-refractivity contribution in [1.29, 1.82) is 0 Å². The van der Waals surface area contributed by atoms with Crippen molar-refractivity contribution in [2.75, 3.05) is 19.8 Å². The van der Waals surface area contributed by atoms with Gasteiger partial charge in [-0.15, -0.1) is 0 Å². The zero-order valence-electron chi connectivity index (χ0n) is 7.12. The third-order valence-electron chi connectivity index (χ3n) is 1.13. The SMILES string of the molecule is NC(=O)NN1CCNC1.NC(N)=O. The topological polar surface area (TPSA) is 140 Å². The monoisotopic (exact) mass is 190 g/mol. The highest BCUT2D eigenvalue weighted by Crippen LogP contribution is 1.84. The molecule has 0 aromatic rings. The first kappa shape index (κ1) is 11.5. The molecule has 1 rings (SSSR count). The van der Waals surface area contributed by atoms with Crippen molar-refractivity contribution in [2.24, 2.45) is 17.2 Å². The lowest BCUT2D eigenvalue weighted by atomic mass is 10.7. The van der Waals surface area contributed by atoms with Crippen LogP contribution in [0.15, 0.2) is 0 Å². The number of nitrogens with two attached hydrogens (primary N) is 3. The fraction of sp³-hybridized carbons (Fsp3) is 0.600. The highest BCUT2D eigenvalue weighted by molar-refractivity contribution is 5.70. The van der Waals surface area contributed by atoms with E-state index in [0.29, 0.717) is 6.67 Å². The second-order valence-corrected chi connectivity index (χ2v) is 2.30. The molecule has 8 N–H and O–H groups in total. The molecule has 0 unspecified atom stereocenters. The minimum atomic E-state index is -0.833. The Kier molecular flexibility index (Phi) is 5.32. The van der Waals surface area contributed by atoms with Crippen LogP contribution in [0.1, 0.15) is 0 Å². The molecule has 1 saturated heterocycles. The average Bonchev–Trinajstić information content (AvgIpc) is 2.36. The van der Waals surface area contributed by atoms with Crippen LogP contribution in [0.25, 0.3) is 0 Å². The van der Waals surface area contributed by atoms with Crippen LogP contribution in [0.3, 0.4) is 0 Å². The molecule has 0 spiro atoms. The molecule has 0 saturated carbocycles. The molecular weight excluding hydrogens is 176 g/mol. The molecule has 0 aromatic carbocycles. The summed E-state index contributed by atoms with van der Waals surface area (Å²) in [6.07, 6.45) is 0. The van der Waals surface area contributed by atoms with Gasteiger partial charge in [0.05, 0.1) is 6.67 Å². The summed E-state index contributed by atoms with van der Waals surface area (Å²) in [6, 6.07) is -1.33. The predicted octanol–water partition coefficient (Wildman–Crippen LogP) is -2.54. The van der Waals surface area contributed by atoms with Crippen molar-refractivity contribution < 1.29 is 9.59 Å². The van der Waals surface area contributed by atoms with E-state index in [9.17, 15) is 4.79 Å². The van der Waals surface area contributed by atoms with Crippen LogP contribution in [-0.4, -0.2) is 36.8 Å². The Morgan fingerprint density at radius 2 is 1.85 bits per heavy atom. The van der Waals surface area contributed by atoms with E-state index in [4.69, 9.17) is 10.5 Å². The molecule has 0 aromatic heterocycles. The van der Waals surface area contributed by atoms with Crippen LogP contribution in [0.5, 0.6) is 0 Å². The number of carbonyl (C=O) groups is 2. The zero-order chi connectivity index (χ0) is 10.3. The highest BCUT2D eigenvalue weighted by Gasteiger charge is 2.10. The van der Waals surface area contributed by atoms with Crippen molar-refractivity contribution >= 4 is 12.1 Å². The Labute approximate surface area is 75.4 Å². The highest BCUT2D eigenvalue weighted by atomic mass is 16.2. The van der Waals surface area contributed by atoms with Crippen molar-refractivity contribution in [3.05, 3.63) is 0 Å². The molecule has 1 aliphatic rings. The Balaban J connectivity index is 0.000000310. The first-order valence-electron chi connectivity index (χ1n) is 3.59. The van der Waals surface area contributed by atoms with E-state index in [1.54, 1.807) is 5.01 Å². The summed E-state index contributed by atoms with van der Waals surface area (Å²) in [4.78, 5) is 19.2. The van der Waals surface area contributed by atoms with Gasteiger partial charge in [-0.3, -0.25) is 5.43 Å². The van der Waals surface area contributed by atoms with Gasteiger partial charge in [0.15, 0.2) is 0 Å². The van der Waals surface area contributed by atoms with Gasteiger partial charge in [-0.1, -0.05) is 0 Å². The number of carbonyl (C=O) groups excluding carboxylic acids is 2. The van der Waals surface area contributed by atoms with Crippen LogP contribution < -0.4 is 27.9 Å². The molecular formula is C5H14N6O2. The second kappa shape index (κ2) is 6.03. The van der Waals surface area contributed by atoms with Crippen LogP contribution in [0.4, 0.5) is 9.59 Å². The third-order valence-corrected chi connectivity index (χ3v) is 1.13.